The molecule has 4 heteroatoms. The predicted molar refractivity (Wildman–Crippen MR) is 209 cm³/mol. The minimum Gasteiger partial charge on any atom is -0.458 e. The fraction of sp³-hybridized carbons (Fsp3) is 0.705. The van der Waals surface area contributed by atoms with Crippen molar-refractivity contribution in [1.82, 2.24) is 0 Å². The molecule has 4 aliphatic rings. The van der Waals surface area contributed by atoms with Gasteiger partial charge in [-0.3, -0.25) is 0 Å². The third-order valence-electron chi connectivity index (χ3n) is 12.9. The van der Waals surface area contributed by atoms with E-state index in [1.807, 2.05) is 18.2 Å². The highest BCUT2D eigenvalue weighted by atomic mass is 28.3. The molecule has 48 heavy (non-hydrogen) atoms. The van der Waals surface area contributed by atoms with Gasteiger partial charge in [-0.2, -0.15) is 0 Å². The second-order valence-electron chi connectivity index (χ2n) is 19.3. The summed E-state index contributed by atoms with van der Waals surface area (Å²) in [6.07, 6.45) is 16.5. The van der Waals surface area contributed by atoms with Crippen LogP contribution in [0, 0.1) is 69.3 Å². The lowest BCUT2D eigenvalue weighted by molar-refractivity contribution is -0.0594. The lowest BCUT2D eigenvalue weighted by Gasteiger charge is -2.58. The standard InChI is InChI=1S/C44H66O2Si2/c1-31(2)13-12-14-32(3)39-19-20-40-37-18-17-35-30-36(21-25-43(35,4)41(37)22-26-44(39,40)5)46-42(45)38-29-33(23-27-47(6,7)8)15-16-34(38)24-28-48(9,10)11/h15-17,29,31-32,36-37,39-41H,12-14,18-22,25-26,30H2,1-11H3/t32-,36+,37+,39-,40+,41+,43+,44-/m1/s1. The molecule has 0 N–H and O–H groups in total. The van der Waals surface area contributed by atoms with Crippen LogP contribution in [0.25, 0.3) is 0 Å². The Kier molecular flexibility index (Phi) is 11.1. The number of hydrogen-bond donors (Lipinski definition) is 0. The van der Waals surface area contributed by atoms with E-state index in [4.69, 9.17) is 4.74 Å². The highest BCUT2D eigenvalue weighted by molar-refractivity contribution is 6.84. The minimum atomic E-state index is -1.61. The highest BCUT2D eigenvalue weighted by Gasteiger charge is 2.59. The van der Waals surface area contributed by atoms with Gasteiger partial charge in [-0.25, -0.2) is 4.79 Å². The molecule has 0 aliphatic heterocycles. The third-order valence-corrected chi connectivity index (χ3v) is 14.7. The van der Waals surface area contributed by atoms with Crippen molar-refractivity contribution >= 4 is 22.1 Å². The maximum atomic E-state index is 13.9. The van der Waals surface area contributed by atoms with Crippen LogP contribution in [-0.2, 0) is 4.74 Å². The average molecular weight is 683 g/mol. The Hall–Kier alpha value is -2.02. The number of ether oxygens (including phenoxy) is 1. The molecule has 8 atom stereocenters. The number of fused-ring (bicyclic) bond motifs is 5. The van der Waals surface area contributed by atoms with Crippen LogP contribution < -0.4 is 0 Å². The van der Waals surface area contributed by atoms with Crippen molar-refractivity contribution in [3.8, 4) is 22.9 Å². The monoisotopic (exact) mass is 682 g/mol. The summed E-state index contributed by atoms with van der Waals surface area (Å²) in [5.74, 6) is 11.5. The van der Waals surface area contributed by atoms with Gasteiger partial charge in [-0.15, -0.1) is 11.1 Å². The van der Waals surface area contributed by atoms with Crippen molar-refractivity contribution in [2.45, 2.75) is 151 Å². The van der Waals surface area contributed by atoms with E-state index >= 15 is 0 Å². The number of carbonyl (C=O) groups is 1. The first kappa shape index (κ1) is 37.2. The number of allylic oxidation sites excluding steroid dienone is 1. The van der Waals surface area contributed by atoms with Crippen LogP contribution in [0.1, 0.15) is 127 Å². The van der Waals surface area contributed by atoms with Crippen LogP contribution in [0.5, 0.6) is 0 Å². The van der Waals surface area contributed by atoms with Crippen molar-refractivity contribution in [2.75, 3.05) is 0 Å². The summed E-state index contributed by atoms with van der Waals surface area (Å²) < 4.78 is 6.38. The molecule has 0 spiro atoms. The van der Waals surface area contributed by atoms with Crippen LogP contribution in [0.15, 0.2) is 29.8 Å². The van der Waals surface area contributed by atoms with Crippen LogP contribution >= 0.6 is 0 Å². The summed E-state index contributed by atoms with van der Waals surface area (Å²) in [5.41, 5.74) is 11.5. The Morgan fingerprint density at radius 2 is 1.60 bits per heavy atom. The van der Waals surface area contributed by atoms with Gasteiger partial charge >= 0.3 is 5.97 Å². The molecule has 1 aromatic carbocycles. The summed E-state index contributed by atoms with van der Waals surface area (Å²) in [5, 5.41) is 0. The average Bonchev–Trinajstić information content (AvgIpc) is 3.35. The molecule has 0 aromatic heterocycles. The largest absolute Gasteiger partial charge is 0.458 e. The molecule has 1 aromatic rings. The second-order valence-corrected chi connectivity index (χ2v) is 28.8. The lowest BCUT2D eigenvalue weighted by atomic mass is 9.47. The Morgan fingerprint density at radius 3 is 2.29 bits per heavy atom. The number of rotatable bonds is 7. The van der Waals surface area contributed by atoms with E-state index in [-0.39, 0.29) is 17.5 Å². The van der Waals surface area contributed by atoms with E-state index in [1.54, 1.807) is 5.57 Å². The van der Waals surface area contributed by atoms with Crippen molar-refractivity contribution in [3.05, 3.63) is 46.5 Å². The van der Waals surface area contributed by atoms with Gasteiger partial charge in [-0.05, 0) is 109 Å². The Balaban J connectivity index is 1.30. The van der Waals surface area contributed by atoms with E-state index in [0.29, 0.717) is 11.0 Å². The number of benzene rings is 1. The molecule has 262 valence electrons. The number of esters is 1. The second kappa shape index (κ2) is 14.3. The van der Waals surface area contributed by atoms with E-state index in [2.05, 4.69) is 103 Å². The fourth-order valence-corrected chi connectivity index (χ4v) is 11.4. The zero-order valence-electron chi connectivity index (χ0n) is 32.4. The van der Waals surface area contributed by atoms with E-state index in [0.717, 1.165) is 65.9 Å². The van der Waals surface area contributed by atoms with E-state index in [1.165, 1.54) is 51.4 Å². The van der Waals surface area contributed by atoms with Crippen LogP contribution in [0.2, 0.25) is 39.3 Å². The normalized spacial score (nSPS) is 32.0. The molecule has 0 heterocycles. The zero-order valence-corrected chi connectivity index (χ0v) is 34.4. The smallest absolute Gasteiger partial charge is 0.339 e. The summed E-state index contributed by atoms with van der Waals surface area (Å²) in [6.45, 7) is 26.0. The van der Waals surface area contributed by atoms with Gasteiger partial charge in [0.25, 0.3) is 0 Å². The fourth-order valence-electron chi connectivity index (χ4n) is 10.4. The van der Waals surface area contributed by atoms with Gasteiger partial charge in [0.2, 0.25) is 0 Å². The lowest BCUT2D eigenvalue weighted by Crippen LogP contribution is -2.51. The van der Waals surface area contributed by atoms with Crippen LogP contribution in [0.4, 0.5) is 0 Å². The molecule has 3 fully saturated rings. The van der Waals surface area contributed by atoms with E-state index < -0.39 is 16.1 Å². The number of hydrogen-bond acceptors (Lipinski definition) is 2. The highest BCUT2D eigenvalue weighted by Crippen LogP contribution is 2.67. The predicted octanol–water partition coefficient (Wildman–Crippen LogP) is 11.7. The molecule has 2 nitrogen and oxygen atoms in total. The molecule has 3 saturated carbocycles. The van der Waals surface area contributed by atoms with Crippen molar-refractivity contribution in [2.24, 2.45) is 46.3 Å². The minimum absolute atomic E-state index is 0.0701. The van der Waals surface area contributed by atoms with Crippen molar-refractivity contribution in [3.63, 3.8) is 0 Å². The maximum absolute atomic E-state index is 13.9. The van der Waals surface area contributed by atoms with Gasteiger partial charge in [0.1, 0.15) is 22.3 Å². The SMILES string of the molecule is CC(C)CCC[C@@H](C)[C@H]1CC[C@H]2[C@@H]3CC=C4C[C@@H](OC(=O)c5cc(C#C[Si](C)(C)C)ccc5C#C[Si](C)(C)C)CC[C@]4(C)[C@H]3CC[C@]12C. The quantitative estimate of drug-likeness (QED) is 0.124. The van der Waals surface area contributed by atoms with Crippen molar-refractivity contribution < 1.29 is 9.53 Å². The molecular weight excluding hydrogens is 617 g/mol. The summed E-state index contributed by atoms with van der Waals surface area (Å²) >= 11 is 0. The first-order valence-electron chi connectivity index (χ1n) is 19.5. The Labute approximate surface area is 297 Å². The zero-order chi connectivity index (χ0) is 35.1. The van der Waals surface area contributed by atoms with Gasteiger partial charge in [-0.1, -0.05) is 117 Å². The van der Waals surface area contributed by atoms with Gasteiger partial charge in [0.15, 0.2) is 0 Å². The molecule has 5 rings (SSSR count). The summed E-state index contributed by atoms with van der Waals surface area (Å²) in [6, 6.07) is 5.93. The van der Waals surface area contributed by atoms with Gasteiger partial charge < -0.3 is 4.74 Å². The molecular formula is C44H66O2Si2. The molecule has 4 aliphatic carbocycles. The molecule has 0 amide bonds. The van der Waals surface area contributed by atoms with Crippen molar-refractivity contribution in [1.29, 1.82) is 0 Å². The Bertz CT molecular complexity index is 1500. The molecule has 0 unspecified atom stereocenters. The maximum Gasteiger partial charge on any atom is 0.339 e. The molecule has 0 bridgehead atoms. The third kappa shape index (κ3) is 8.29. The molecule has 0 radical (unpaired) electrons. The first-order valence-corrected chi connectivity index (χ1v) is 26.5. The van der Waals surface area contributed by atoms with Gasteiger partial charge in [0, 0.05) is 17.5 Å². The topological polar surface area (TPSA) is 26.3 Å². The summed E-state index contributed by atoms with van der Waals surface area (Å²) in [4.78, 5) is 13.9. The first-order chi connectivity index (χ1) is 22.4. The van der Waals surface area contributed by atoms with Crippen LogP contribution in [-0.4, -0.2) is 28.2 Å². The van der Waals surface area contributed by atoms with Crippen LogP contribution in [0.3, 0.4) is 0 Å². The van der Waals surface area contributed by atoms with Gasteiger partial charge in [0.05, 0.1) is 5.56 Å². The number of carbonyl (C=O) groups excluding carboxylic acids is 1. The molecule has 0 saturated heterocycles. The summed E-state index contributed by atoms with van der Waals surface area (Å²) in [7, 11) is -3.16. The Morgan fingerprint density at radius 1 is 0.896 bits per heavy atom. The van der Waals surface area contributed by atoms with E-state index in [9.17, 15) is 4.79 Å².